The van der Waals surface area contributed by atoms with E-state index in [1.165, 1.54) is 21.6 Å². The number of Topliss-reactive ketones (excluding diaryl/α,β-unsaturated/α-hetero) is 1. The molecule has 0 aliphatic carbocycles. The zero-order chi connectivity index (χ0) is 11.7. The fourth-order valence-electron chi connectivity index (χ4n) is 1.75. The number of benzene rings is 1. The Balaban J connectivity index is 2.57. The van der Waals surface area contributed by atoms with Crippen molar-refractivity contribution in [2.24, 2.45) is 0 Å². The quantitative estimate of drug-likeness (QED) is 0.705. The van der Waals surface area contributed by atoms with Gasteiger partial charge in [0.1, 0.15) is 0 Å². The summed E-state index contributed by atoms with van der Waals surface area (Å²) < 4.78 is 0. The van der Waals surface area contributed by atoms with Crippen molar-refractivity contribution in [1.29, 1.82) is 0 Å². The molecule has 2 aromatic rings. The van der Waals surface area contributed by atoms with Crippen LogP contribution in [0.1, 0.15) is 27.7 Å². The molecule has 0 radical (unpaired) electrons. The van der Waals surface area contributed by atoms with Gasteiger partial charge in [0, 0.05) is 4.88 Å². The van der Waals surface area contributed by atoms with Crippen molar-refractivity contribution in [1.82, 2.24) is 0 Å². The van der Waals surface area contributed by atoms with Gasteiger partial charge >= 0.3 is 0 Å². The Bertz CT molecular complexity index is 537. The van der Waals surface area contributed by atoms with Crippen LogP contribution >= 0.6 is 11.3 Å². The van der Waals surface area contributed by atoms with Crippen molar-refractivity contribution in [3.05, 3.63) is 46.3 Å². The lowest BCUT2D eigenvalue weighted by Gasteiger charge is -2.03. The number of ketones is 1. The molecule has 0 atom stereocenters. The molecule has 0 fully saturated rings. The van der Waals surface area contributed by atoms with Gasteiger partial charge in [0.15, 0.2) is 5.78 Å². The highest BCUT2D eigenvalue weighted by Crippen LogP contribution is 2.34. The Morgan fingerprint density at radius 1 is 1.12 bits per heavy atom. The monoisotopic (exact) mass is 230 g/mol. The fraction of sp³-hybridized carbons (Fsp3) is 0.214. The second-order valence-electron chi connectivity index (χ2n) is 3.99. The molecule has 1 nitrogen and oxygen atoms in total. The first-order chi connectivity index (χ1) is 7.59. The van der Waals surface area contributed by atoms with Crippen LogP contribution in [0, 0.1) is 13.8 Å². The molecule has 0 N–H and O–H groups in total. The van der Waals surface area contributed by atoms with Crippen LogP contribution in [0.4, 0.5) is 0 Å². The molecule has 0 aliphatic rings. The minimum Gasteiger partial charge on any atom is -0.294 e. The molecule has 0 saturated carbocycles. The molecule has 0 bridgehead atoms. The summed E-state index contributed by atoms with van der Waals surface area (Å²) >= 11 is 1.59. The fourth-order valence-corrected chi connectivity index (χ4v) is 2.91. The smallest absolute Gasteiger partial charge is 0.169 e. The van der Waals surface area contributed by atoms with E-state index < -0.39 is 0 Å². The second kappa shape index (κ2) is 4.22. The summed E-state index contributed by atoms with van der Waals surface area (Å²) in [5, 5.41) is 0. The zero-order valence-electron chi connectivity index (χ0n) is 9.70. The second-order valence-corrected chi connectivity index (χ2v) is 5.05. The Hall–Kier alpha value is -1.41. The Morgan fingerprint density at radius 3 is 2.38 bits per heavy atom. The van der Waals surface area contributed by atoms with Crippen LogP contribution in [0.15, 0.2) is 30.3 Å². The van der Waals surface area contributed by atoms with Crippen LogP contribution in [0.3, 0.4) is 0 Å². The van der Waals surface area contributed by atoms with Gasteiger partial charge in [-0.1, -0.05) is 24.3 Å². The van der Waals surface area contributed by atoms with Gasteiger partial charge < -0.3 is 0 Å². The van der Waals surface area contributed by atoms with Gasteiger partial charge in [-0.15, -0.1) is 11.3 Å². The van der Waals surface area contributed by atoms with E-state index in [-0.39, 0.29) is 5.78 Å². The van der Waals surface area contributed by atoms with E-state index in [9.17, 15) is 4.79 Å². The van der Waals surface area contributed by atoms with E-state index in [4.69, 9.17) is 0 Å². The molecule has 2 rings (SSSR count). The van der Waals surface area contributed by atoms with Crippen molar-refractivity contribution in [3.63, 3.8) is 0 Å². The van der Waals surface area contributed by atoms with Crippen molar-refractivity contribution < 1.29 is 4.79 Å². The minimum atomic E-state index is 0.146. The molecule has 1 aromatic heterocycles. The molecule has 1 heterocycles. The lowest BCUT2D eigenvalue weighted by atomic mass is 10.1. The first kappa shape index (κ1) is 11.1. The number of hydrogen-bond donors (Lipinski definition) is 0. The SMILES string of the molecule is CC(=O)c1cc(C)c(-c2ccccc2C)s1. The van der Waals surface area contributed by atoms with Crippen LogP contribution < -0.4 is 0 Å². The summed E-state index contributed by atoms with van der Waals surface area (Å²) in [6, 6.07) is 10.3. The van der Waals surface area contributed by atoms with Gasteiger partial charge in [0.25, 0.3) is 0 Å². The van der Waals surface area contributed by atoms with Gasteiger partial charge in [-0.05, 0) is 43.5 Å². The Labute approximate surface area is 99.8 Å². The summed E-state index contributed by atoms with van der Waals surface area (Å²) in [6.45, 7) is 5.78. The third-order valence-electron chi connectivity index (χ3n) is 2.65. The zero-order valence-corrected chi connectivity index (χ0v) is 10.5. The lowest BCUT2D eigenvalue weighted by molar-refractivity contribution is 0.102. The van der Waals surface area contributed by atoms with Crippen molar-refractivity contribution in [3.8, 4) is 10.4 Å². The molecule has 16 heavy (non-hydrogen) atoms. The van der Waals surface area contributed by atoms with Crippen LogP contribution in [0.5, 0.6) is 0 Å². The maximum atomic E-state index is 11.3. The molecule has 2 heteroatoms. The number of aryl methyl sites for hydroxylation is 2. The summed E-state index contributed by atoms with van der Waals surface area (Å²) in [6.07, 6.45) is 0. The third kappa shape index (κ3) is 1.93. The number of thiophene rings is 1. The average Bonchev–Trinajstić information content (AvgIpc) is 2.61. The van der Waals surface area contributed by atoms with E-state index in [0.717, 1.165) is 4.88 Å². The maximum absolute atomic E-state index is 11.3. The predicted octanol–water partition coefficient (Wildman–Crippen LogP) is 4.23. The van der Waals surface area contributed by atoms with Crippen LogP contribution in [0.2, 0.25) is 0 Å². The Kier molecular flexibility index (Phi) is 2.92. The number of carbonyl (C=O) groups excluding carboxylic acids is 1. The molecule has 0 saturated heterocycles. The normalized spacial score (nSPS) is 10.4. The molecule has 0 unspecified atom stereocenters. The topological polar surface area (TPSA) is 17.1 Å². The molecular weight excluding hydrogens is 216 g/mol. The largest absolute Gasteiger partial charge is 0.294 e. The number of hydrogen-bond acceptors (Lipinski definition) is 2. The van der Waals surface area contributed by atoms with Crippen LogP contribution in [-0.2, 0) is 0 Å². The van der Waals surface area contributed by atoms with E-state index >= 15 is 0 Å². The highest BCUT2D eigenvalue weighted by Gasteiger charge is 2.11. The van der Waals surface area contributed by atoms with Crippen LogP contribution in [0.25, 0.3) is 10.4 Å². The van der Waals surface area contributed by atoms with Gasteiger partial charge in [-0.25, -0.2) is 0 Å². The van der Waals surface area contributed by atoms with Gasteiger partial charge in [-0.3, -0.25) is 4.79 Å². The molecule has 0 amide bonds. The minimum absolute atomic E-state index is 0.146. The third-order valence-corrected chi connectivity index (χ3v) is 4.03. The average molecular weight is 230 g/mol. The van der Waals surface area contributed by atoms with Gasteiger partial charge in [0.05, 0.1) is 4.88 Å². The van der Waals surface area contributed by atoms with Crippen molar-refractivity contribution >= 4 is 17.1 Å². The summed E-state index contributed by atoms with van der Waals surface area (Å²) in [4.78, 5) is 13.4. The highest BCUT2D eigenvalue weighted by atomic mass is 32.1. The number of rotatable bonds is 2. The van der Waals surface area contributed by atoms with Crippen molar-refractivity contribution in [2.45, 2.75) is 20.8 Å². The van der Waals surface area contributed by atoms with E-state index in [2.05, 4.69) is 26.0 Å². The molecule has 0 aliphatic heterocycles. The maximum Gasteiger partial charge on any atom is 0.169 e. The molecule has 0 spiro atoms. The van der Waals surface area contributed by atoms with Gasteiger partial charge in [-0.2, -0.15) is 0 Å². The summed E-state index contributed by atoms with van der Waals surface area (Å²) in [5.41, 5.74) is 3.67. The molecular formula is C14H14OS. The summed E-state index contributed by atoms with van der Waals surface area (Å²) in [5.74, 6) is 0.146. The standard InChI is InChI=1S/C14H14OS/c1-9-6-4-5-7-12(9)14-10(2)8-13(16-14)11(3)15/h4-8H,1-3H3. The lowest BCUT2D eigenvalue weighted by Crippen LogP contribution is -1.83. The van der Waals surface area contributed by atoms with Crippen LogP contribution in [-0.4, -0.2) is 5.78 Å². The summed E-state index contributed by atoms with van der Waals surface area (Å²) in [7, 11) is 0. The Morgan fingerprint density at radius 2 is 1.81 bits per heavy atom. The predicted molar refractivity (Wildman–Crippen MR) is 69.2 cm³/mol. The van der Waals surface area contributed by atoms with E-state index in [1.54, 1.807) is 18.3 Å². The van der Waals surface area contributed by atoms with Crippen molar-refractivity contribution in [2.75, 3.05) is 0 Å². The number of carbonyl (C=O) groups is 1. The highest BCUT2D eigenvalue weighted by molar-refractivity contribution is 7.17. The molecule has 1 aromatic carbocycles. The van der Waals surface area contributed by atoms with Gasteiger partial charge in [0.2, 0.25) is 0 Å². The van der Waals surface area contributed by atoms with E-state index in [1.807, 2.05) is 18.2 Å². The first-order valence-electron chi connectivity index (χ1n) is 5.27. The first-order valence-corrected chi connectivity index (χ1v) is 6.08. The van der Waals surface area contributed by atoms with E-state index in [0.29, 0.717) is 0 Å². The molecule has 82 valence electrons.